The zero-order valence-electron chi connectivity index (χ0n) is 11.9. The molecule has 0 bridgehead atoms. The molecule has 0 saturated carbocycles. The first-order chi connectivity index (χ1) is 10.6. The number of hydrogen-bond donors (Lipinski definition) is 2. The van der Waals surface area contributed by atoms with Crippen LogP contribution in [0.2, 0.25) is 5.02 Å². The number of carbonyl (C=O) groups excluding carboxylic acids is 1. The summed E-state index contributed by atoms with van der Waals surface area (Å²) in [4.78, 5) is 19.2. The molecule has 0 atom stereocenters. The monoisotopic (exact) mass is 315 g/mol. The molecule has 3 aromatic rings. The van der Waals surface area contributed by atoms with Gasteiger partial charge in [0.15, 0.2) is 6.61 Å². The van der Waals surface area contributed by atoms with Gasteiger partial charge in [0.2, 0.25) is 5.95 Å². The second-order valence-electron chi connectivity index (χ2n) is 4.85. The smallest absolute Gasteiger partial charge is 0.264 e. The molecule has 0 aliphatic heterocycles. The van der Waals surface area contributed by atoms with Gasteiger partial charge in [-0.05, 0) is 42.8 Å². The number of nitrogens with one attached hydrogen (secondary N) is 2. The molecule has 3 rings (SSSR count). The molecule has 0 radical (unpaired) electrons. The molecule has 2 aromatic carbocycles. The maximum atomic E-state index is 11.9. The minimum atomic E-state index is -0.286. The number of aromatic amines is 1. The highest BCUT2D eigenvalue weighted by Gasteiger charge is 2.08. The average Bonchev–Trinajstić information content (AvgIpc) is 2.90. The highest BCUT2D eigenvalue weighted by atomic mass is 35.5. The lowest BCUT2D eigenvalue weighted by Crippen LogP contribution is -2.20. The largest absolute Gasteiger partial charge is 0.484 e. The quantitative estimate of drug-likeness (QED) is 0.774. The lowest BCUT2D eigenvalue weighted by molar-refractivity contribution is -0.118. The Morgan fingerprint density at radius 1 is 1.32 bits per heavy atom. The minimum absolute atomic E-state index is 0.0991. The summed E-state index contributed by atoms with van der Waals surface area (Å²) in [7, 11) is 0. The molecule has 1 aromatic heterocycles. The lowest BCUT2D eigenvalue weighted by Gasteiger charge is -2.07. The van der Waals surface area contributed by atoms with E-state index in [9.17, 15) is 4.79 Å². The number of amides is 1. The van der Waals surface area contributed by atoms with Crippen LogP contribution in [0.3, 0.4) is 0 Å². The number of ether oxygens (including phenoxy) is 1. The van der Waals surface area contributed by atoms with Crippen molar-refractivity contribution in [2.75, 3.05) is 11.9 Å². The fourth-order valence-electron chi connectivity index (χ4n) is 2.04. The number of benzene rings is 2. The summed E-state index contributed by atoms with van der Waals surface area (Å²) in [5.41, 5.74) is 2.57. The number of fused-ring (bicyclic) bond motifs is 1. The van der Waals surface area contributed by atoms with Crippen molar-refractivity contribution in [2.24, 2.45) is 0 Å². The fraction of sp³-hybridized carbons (Fsp3) is 0.125. The van der Waals surface area contributed by atoms with Crippen LogP contribution in [0.4, 0.5) is 5.95 Å². The fourth-order valence-corrected chi connectivity index (χ4v) is 2.15. The van der Waals surface area contributed by atoms with Crippen molar-refractivity contribution in [3.05, 3.63) is 53.1 Å². The van der Waals surface area contributed by atoms with Gasteiger partial charge in [-0.25, -0.2) is 4.98 Å². The van der Waals surface area contributed by atoms with E-state index < -0.39 is 0 Å². The van der Waals surface area contributed by atoms with Crippen LogP contribution in [0.15, 0.2) is 42.5 Å². The van der Waals surface area contributed by atoms with E-state index in [1.807, 2.05) is 31.2 Å². The molecule has 22 heavy (non-hydrogen) atoms. The normalized spacial score (nSPS) is 10.6. The number of rotatable bonds is 4. The second-order valence-corrected chi connectivity index (χ2v) is 5.26. The number of para-hydroxylation sites is 2. The Kier molecular flexibility index (Phi) is 3.98. The average molecular weight is 316 g/mol. The highest BCUT2D eigenvalue weighted by Crippen LogP contribution is 2.21. The van der Waals surface area contributed by atoms with E-state index in [-0.39, 0.29) is 12.5 Å². The van der Waals surface area contributed by atoms with Crippen molar-refractivity contribution in [3.63, 3.8) is 0 Å². The topological polar surface area (TPSA) is 67.0 Å². The zero-order valence-corrected chi connectivity index (χ0v) is 12.6. The molecule has 0 fully saturated rings. The van der Waals surface area contributed by atoms with Crippen LogP contribution in [-0.2, 0) is 4.79 Å². The van der Waals surface area contributed by atoms with Crippen LogP contribution >= 0.6 is 11.6 Å². The third kappa shape index (κ3) is 3.20. The number of imidazole rings is 1. The van der Waals surface area contributed by atoms with E-state index in [2.05, 4.69) is 15.3 Å². The van der Waals surface area contributed by atoms with Gasteiger partial charge in [0.1, 0.15) is 5.75 Å². The third-order valence-corrected chi connectivity index (χ3v) is 3.57. The van der Waals surface area contributed by atoms with Gasteiger partial charge < -0.3 is 9.72 Å². The molecule has 0 spiro atoms. The predicted octanol–water partition coefficient (Wildman–Crippen LogP) is 3.54. The van der Waals surface area contributed by atoms with E-state index >= 15 is 0 Å². The van der Waals surface area contributed by atoms with Crippen LogP contribution < -0.4 is 10.1 Å². The predicted molar refractivity (Wildman–Crippen MR) is 86.4 cm³/mol. The van der Waals surface area contributed by atoms with Gasteiger partial charge in [-0.1, -0.05) is 23.7 Å². The Balaban J connectivity index is 1.61. The van der Waals surface area contributed by atoms with Gasteiger partial charge in [-0.2, -0.15) is 0 Å². The summed E-state index contributed by atoms with van der Waals surface area (Å²) in [6, 6.07) is 12.8. The van der Waals surface area contributed by atoms with E-state index in [0.29, 0.717) is 16.7 Å². The number of H-pyrrole nitrogens is 1. The second kappa shape index (κ2) is 6.07. The SMILES string of the molecule is Cc1cc(OCC(=O)Nc2nc3ccccc3[nH]2)ccc1Cl. The summed E-state index contributed by atoms with van der Waals surface area (Å²) in [5, 5.41) is 3.34. The molecule has 0 aliphatic rings. The highest BCUT2D eigenvalue weighted by molar-refractivity contribution is 6.31. The van der Waals surface area contributed by atoms with Gasteiger partial charge >= 0.3 is 0 Å². The Labute approximate surface area is 132 Å². The number of nitrogens with zero attached hydrogens (tertiary/aromatic N) is 1. The standard InChI is InChI=1S/C16H14ClN3O2/c1-10-8-11(6-7-12(10)17)22-9-15(21)20-16-18-13-4-2-3-5-14(13)19-16/h2-8H,9H2,1H3,(H2,18,19,20,21). The van der Waals surface area contributed by atoms with Crippen molar-refractivity contribution >= 4 is 34.5 Å². The number of aromatic nitrogens is 2. The Hall–Kier alpha value is -2.53. The molecule has 6 heteroatoms. The molecule has 1 heterocycles. The van der Waals surface area contributed by atoms with E-state index in [4.69, 9.17) is 16.3 Å². The Morgan fingerprint density at radius 2 is 2.14 bits per heavy atom. The number of halogens is 1. The van der Waals surface area contributed by atoms with Crippen LogP contribution in [0.25, 0.3) is 11.0 Å². The van der Waals surface area contributed by atoms with Gasteiger partial charge in [0, 0.05) is 5.02 Å². The van der Waals surface area contributed by atoms with Gasteiger partial charge in [0.05, 0.1) is 11.0 Å². The van der Waals surface area contributed by atoms with Crippen molar-refractivity contribution in [2.45, 2.75) is 6.92 Å². The van der Waals surface area contributed by atoms with E-state index in [1.54, 1.807) is 18.2 Å². The van der Waals surface area contributed by atoms with Crippen LogP contribution in [0, 0.1) is 6.92 Å². The minimum Gasteiger partial charge on any atom is -0.484 e. The molecule has 2 N–H and O–H groups in total. The van der Waals surface area contributed by atoms with Crippen molar-refractivity contribution in [1.29, 1.82) is 0 Å². The maximum Gasteiger partial charge on any atom is 0.264 e. The maximum absolute atomic E-state index is 11.9. The Bertz CT molecular complexity index is 796. The number of anilines is 1. The van der Waals surface area contributed by atoms with Crippen molar-refractivity contribution < 1.29 is 9.53 Å². The van der Waals surface area contributed by atoms with Crippen molar-refractivity contribution in [3.8, 4) is 5.75 Å². The summed E-state index contributed by atoms with van der Waals surface area (Å²) >= 11 is 5.94. The third-order valence-electron chi connectivity index (χ3n) is 3.15. The zero-order chi connectivity index (χ0) is 15.5. The Morgan fingerprint density at radius 3 is 2.91 bits per heavy atom. The first-order valence-electron chi connectivity index (χ1n) is 6.75. The molecule has 112 valence electrons. The van der Waals surface area contributed by atoms with Gasteiger partial charge in [-0.3, -0.25) is 10.1 Å². The molecule has 1 amide bonds. The number of aryl methyl sites for hydroxylation is 1. The number of carbonyl (C=O) groups is 1. The molecule has 0 saturated heterocycles. The first kappa shape index (κ1) is 14.4. The summed E-state index contributed by atoms with van der Waals surface area (Å²) in [5.74, 6) is 0.718. The molecular weight excluding hydrogens is 302 g/mol. The molecule has 0 aliphatic carbocycles. The van der Waals surface area contributed by atoms with Crippen molar-refractivity contribution in [1.82, 2.24) is 9.97 Å². The summed E-state index contributed by atoms with van der Waals surface area (Å²) < 4.78 is 5.44. The molecule has 5 nitrogen and oxygen atoms in total. The summed E-state index contributed by atoms with van der Waals surface area (Å²) in [6.07, 6.45) is 0. The lowest BCUT2D eigenvalue weighted by atomic mass is 10.2. The van der Waals surface area contributed by atoms with E-state index in [0.717, 1.165) is 16.6 Å². The first-order valence-corrected chi connectivity index (χ1v) is 7.13. The van der Waals surface area contributed by atoms with Gasteiger partial charge in [-0.15, -0.1) is 0 Å². The van der Waals surface area contributed by atoms with Crippen LogP contribution in [-0.4, -0.2) is 22.5 Å². The van der Waals surface area contributed by atoms with Crippen LogP contribution in [0.5, 0.6) is 5.75 Å². The van der Waals surface area contributed by atoms with Gasteiger partial charge in [0.25, 0.3) is 5.91 Å². The molecule has 0 unspecified atom stereocenters. The number of hydrogen-bond acceptors (Lipinski definition) is 3. The summed E-state index contributed by atoms with van der Waals surface area (Å²) in [6.45, 7) is 1.78. The molecular formula is C16H14ClN3O2. The van der Waals surface area contributed by atoms with Crippen LogP contribution in [0.1, 0.15) is 5.56 Å². The van der Waals surface area contributed by atoms with E-state index in [1.165, 1.54) is 0 Å².